The van der Waals surface area contributed by atoms with Crippen molar-refractivity contribution in [2.45, 2.75) is 52.5 Å². The molecule has 116 valence electrons. The molecule has 0 spiro atoms. The second kappa shape index (κ2) is 7.30. The van der Waals surface area contributed by atoms with Crippen molar-refractivity contribution in [2.75, 3.05) is 32.7 Å². The Hall–Kier alpha value is -0.770. The fourth-order valence-electron chi connectivity index (χ4n) is 3.45. The van der Waals surface area contributed by atoms with E-state index < -0.39 is 0 Å². The Morgan fingerprint density at radius 1 is 1.20 bits per heavy atom. The molecule has 0 aromatic carbocycles. The van der Waals surface area contributed by atoms with Crippen LogP contribution in [0.15, 0.2) is 0 Å². The Balaban J connectivity index is 1.72. The minimum atomic E-state index is 0.151. The molecular formula is C16H31N3O. The molecule has 0 saturated carbocycles. The SMILES string of the molecule is CC(C)N1CCC[C@H](CNC(=O)N2CCC[C@@H](C)C2)C1. The van der Waals surface area contributed by atoms with Gasteiger partial charge >= 0.3 is 6.03 Å². The van der Waals surface area contributed by atoms with Gasteiger partial charge in [0.25, 0.3) is 0 Å². The first-order valence-electron chi connectivity index (χ1n) is 8.33. The highest BCUT2D eigenvalue weighted by Crippen LogP contribution is 2.18. The van der Waals surface area contributed by atoms with Crippen LogP contribution in [0.2, 0.25) is 0 Å². The molecule has 4 nitrogen and oxygen atoms in total. The number of piperidine rings is 2. The molecule has 2 atom stereocenters. The molecule has 0 aromatic rings. The van der Waals surface area contributed by atoms with Crippen LogP contribution in [-0.2, 0) is 0 Å². The topological polar surface area (TPSA) is 35.6 Å². The number of nitrogens with zero attached hydrogens (tertiary/aromatic N) is 2. The summed E-state index contributed by atoms with van der Waals surface area (Å²) in [5, 5.41) is 3.16. The molecule has 0 aliphatic carbocycles. The third-order valence-electron chi connectivity index (χ3n) is 4.77. The van der Waals surface area contributed by atoms with Gasteiger partial charge in [0.2, 0.25) is 0 Å². The van der Waals surface area contributed by atoms with E-state index in [0.29, 0.717) is 17.9 Å². The zero-order valence-electron chi connectivity index (χ0n) is 13.4. The highest BCUT2D eigenvalue weighted by atomic mass is 16.2. The van der Waals surface area contributed by atoms with Crippen LogP contribution >= 0.6 is 0 Å². The lowest BCUT2D eigenvalue weighted by Crippen LogP contribution is -2.48. The van der Waals surface area contributed by atoms with Crippen molar-refractivity contribution >= 4 is 6.03 Å². The van der Waals surface area contributed by atoms with Crippen molar-refractivity contribution in [1.82, 2.24) is 15.1 Å². The van der Waals surface area contributed by atoms with Crippen molar-refractivity contribution in [1.29, 1.82) is 0 Å². The molecule has 0 radical (unpaired) electrons. The van der Waals surface area contributed by atoms with Gasteiger partial charge in [-0.15, -0.1) is 0 Å². The van der Waals surface area contributed by atoms with E-state index in [1.54, 1.807) is 0 Å². The van der Waals surface area contributed by atoms with Gasteiger partial charge in [0, 0.05) is 32.2 Å². The third kappa shape index (κ3) is 4.37. The van der Waals surface area contributed by atoms with Crippen LogP contribution in [0.4, 0.5) is 4.79 Å². The second-order valence-electron chi connectivity index (χ2n) is 6.98. The van der Waals surface area contributed by atoms with Gasteiger partial charge in [-0.3, -0.25) is 0 Å². The van der Waals surface area contributed by atoms with Crippen LogP contribution in [0.25, 0.3) is 0 Å². The molecule has 2 amide bonds. The van der Waals surface area contributed by atoms with Gasteiger partial charge in [0.1, 0.15) is 0 Å². The summed E-state index contributed by atoms with van der Waals surface area (Å²) in [6, 6.07) is 0.773. The molecular weight excluding hydrogens is 250 g/mol. The highest BCUT2D eigenvalue weighted by molar-refractivity contribution is 5.74. The van der Waals surface area contributed by atoms with Crippen molar-refractivity contribution in [3.05, 3.63) is 0 Å². The van der Waals surface area contributed by atoms with Crippen LogP contribution < -0.4 is 5.32 Å². The quantitative estimate of drug-likeness (QED) is 0.863. The van der Waals surface area contributed by atoms with Crippen LogP contribution in [0.3, 0.4) is 0 Å². The van der Waals surface area contributed by atoms with Gasteiger partial charge in [0.05, 0.1) is 0 Å². The first kappa shape index (κ1) is 15.6. The van der Waals surface area contributed by atoms with Crippen molar-refractivity contribution in [2.24, 2.45) is 11.8 Å². The predicted octanol–water partition coefficient (Wildman–Crippen LogP) is 2.55. The van der Waals surface area contributed by atoms with E-state index in [1.165, 1.54) is 25.8 Å². The number of carbonyl (C=O) groups excluding carboxylic acids is 1. The van der Waals surface area contributed by atoms with Gasteiger partial charge in [-0.2, -0.15) is 0 Å². The maximum Gasteiger partial charge on any atom is 0.317 e. The van der Waals surface area contributed by atoms with E-state index >= 15 is 0 Å². The Morgan fingerprint density at radius 2 is 1.95 bits per heavy atom. The van der Waals surface area contributed by atoms with E-state index in [2.05, 4.69) is 31.0 Å². The normalized spacial score (nSPS) is 28.7. The molecule has 2 heterocycles. The molecule has 4 heteroatoms. The second-order valence-corrected chi connectivity index (χ2v) is 6.98. The number of hydrogen-bond donors (Lipinski definition) is 1. The number of likely N-dealkylation sites (tertiary alicyclic amines) is 2. The zero-order chi connectivity index (χ0) is 14.5. The molecule has 2 rings (SSSR count). The van der Waals surface area contributed by atoms with Crippen LogP contribution in [-0.4, -0.2) is 54.6 Å². The summed E-state index contributed by atoms with van der Waals surface area (Å²) in [6.45, 7) is 11.8. The van der Waals surface area contributed by atoms with Crippen LogP contribution in [0.1, 0.15) is 46.5 Å². The van der Waals surface area contributed by atoms with E-state index in [1.807, 2.05) is 4.90 Å². The molecule has 2 aliphatic rings. The Bertz CT molecular complexity index is 319. The Kier molecular flexibility index (Phi) is 5.70. The third-order valence-corrected chi connectivity index (χ3v) is 4.77. The molecule has 1 N–H and O–H groups in total. The first-order chi connectivity index (χ1) is 9.56. The summed E-state index contributed by atoms with van der Waals surface area (Å²) in [4.78, 5) is 16.7. The standard InChI is InChI=1S/C16H31N3O/c1-13(2)18-8-5-7-15(12-18)10-17-16(20)19-9-4-6-14(3)11-19/h13-15H,4-12H2,1-3H3,(H,17,20)/t14-,15-/m1/s1. The largest absolute Gasteiger partial charge is 0.338 e. The molecule has 0 unspecified atom stereocenters. The van der Waals surface area contributed by atoms with Gasteiger partial charge in [0.15, 0.2) is 0 Å². The lowest BCUT2D eigenvalue weighted by Gasteiger charge is -2.36. The number of hydrogen-bond acceptors (Lipinski definition) is 2. The zero-order valence-corrected chi connectivity index (χ0v) is 13.4. The summed E-state index contributed by atoms with van der Waals surface area (Å²) < 4.78 is 0. The maximum atomic E-state index is 12.2. The van der Waals surface area contributed by atoms with E-state index in [0.717, 1.165) is 32.6 Å². The van der Waals surface area contributed by atoms with E-state index in [-0.39, 0.29) is 6.03 Å². The first-order valence-corrected chi connectivity index (χ1v) is 8.33. The smallest absolute Gasteiger partial charge is 0.317 e. The lowest BCUT2D eigenvalue weighted by molar-refractivity contribution is 0.134. The Labute approximate surface area is 123 Å². The van der Waals surface area contributed by atoms with Crippen molar-refractivity contribution < 1.29 is 4.79 Å². The van der Waals surface area contributed by atoms with Crippen LogP contribution in [0, 0.1) is 11.8 Å². The predicted molar refractivity (Wildman–Crippen MR) is 82.8 cm³/mol. The summed E-state index contributed by atoms with van der Waals surface area (Å²) in [6.07, 6.45) is 4.92. The number of amides is 2. The fourth-order valence-corrected chi connectivity index (χ4v) is 3.45. The molecule has 0 bridgehead atoms. The average molecular weight is 281 g/mol. The molecule has 20 heavy (non-hydrogen) atoms. The van der Waals surface area contributed by atoms with E-state index in [4.69, 9.17) is 0 Å². The Morgan fingerprint density at radius 3 is 2.65 bits per heavy atom. The van der Waals surface area contributed by atoms with Gasteiger partial charge < -0.3 is 15.1 Å². The van der Waals surface area contributed by atoms with E-state index in [9.17, 15) is 4.79 Å². The molecule has 2 aliphatic heterocycles. The van der Waals surface area contributed by atoms with Gasteiger partial charge in [-0.1, -0.05) is 6.92 Å². The minimum Gasteiger partial charge on any atom is -0.338 e. The number of urea groups is 1. The number of rotatable bonds is 3. The van der Waals surface area contributed by atoms with Crippen molar-refractivity contribution in [3.8, 4) is 0 Å². The fraction of sp³-hybridized carbons (Fsp3) is 0.938. The van der Waals surface area contributed by atoms with Gasteiger partial charge in [-0.25, -0.2) is 4.79 Å². The minimum absolute atomic E-state index is 0.151. The summed E-state index contributed by atoms with van der Waals surface area (Å²) in [5.41, 5.74) is 0. The molecule has 0 aromatic heterocycles. The highest BCUT2D eigenvalue weighted by Gasteiger charge is 2.24. The number of nitrogens with one attached hydrogen (secondary N) is 1. The van der Waals surface area contributed by atoms with Crippen molar-refractivity contribution in [3.63, 3.8) is 0 Å². The summed E-state index contributed by atoms with van der Waals surface area (Å²) in [7, 11) is 0. The maximum absolute atomic E-state index is 12.2. The van der Waals surface area contributed by atoms with Crippen LogP contribution in [0.5, 0.6) is 0 Å². The molecule has 2 saturated heterocycles. The monoisotopic (exact) mass is 281 g/mol. The number of carbonyl (C=O) groups is 1. The summed E-state index contributed by atoms with van der Waals surface area (Å²) >= 11 is 0. The molecule has 2 fully saturated rings. The lowest BCUT2D eigenvalue weighted by atomic mass is 9.97. The summed E-state index contributed by atoms with van der Waals surface area (Å²) in [5.74, 6) is 1.28. The average Bonchev–Trinajstić information content (AvgIpc) is 2.45. The van der Waals surface area contributed by atoms with Gasteiger partial charge in [-0.05, 0) is 57.9 Å².